The molecule has 7 nitrogen and oxygen atoms in total. The Bertz CT molecular complexity index is 806. The van der Waals surface area contributed by atoms with Gasteiger partial charge in [-0.3, -0.25) is 4.68 Å². The zero-order chi connectivity index (χ0) is 17.6. The average molecular weight is 338 g/mol. The molecule has 0 saturated carbocycles. The van der Waals surface area contributed by atoms with Crippen LogP contribution in [0.15, 0.2) is 55.1 Å². The van der Waals surface area contributed by atoms with Crippen molar-refractivity contribution in [2.45, 2.75) is 13.0 Å². The second kappa shape index (κ2) is 7.65. The Morgan fingerprint density at radius 1 is 1.20 bits per heavy atom. The zero-order valence-corrected chi connectivity index (χ0v) is 14.5. The third kappa shape index (κ3) is 4.47. The molecule has 2 aromatic heterocycles. The molecule has 1 aromatic carbocycles. The molecule has 0 fully saturated rings. The predicted molar refractivity (Wildman–Crippen MR) is 95.3 cm³/mol. The van der Waals surface area contributed by atoms with Gasteiger partial charge in [-0.15, -0.1) is 0 Å². The topological polar surface area (TPSA) is 68.0 Å². The number of urea groups is 1. The highest BCUT2D eigenvalue weighted by atomic mass is 16.2. The molecule has 0 aliphatic heterocycles. The molecule has 0 bridgehead atoms. The van der Waals surface area contributed by atoms with Crippen LogP contribution in [-0.4, -0.2) is 44.1 Å². The predicted octanol–water partition coefficient (Wildman–Crippen LogP) is 1.99. The number of carbonyl (C=O) groups is 1. The van der Waals surface area contributed by atoms with Crippen LogP contribution in [0, 0.1) is 0 Å². The summed E-state index contributed by atoms with van der Waals surface area (Å²) in [6.45, 7) is 1.13. The number of hydrogen-bond acceptors (Lipinski definition) is 3. The van der Waals surface area contributed by atoms with E-state index >= 15 is 0 Å². The van der Waals surface area contributed by atoms with Crippen molar-refractivity contribution < 1.29 is 4.79 Å². The van der Waals surface area contributed by atoms with E-state index in [0.717, 1.165) is 17.7 Å². The number of nitrogens with one attached hydrogen (secondary N) is 1. The minimum atomic E-state index is -0.0861. The van der Waals surface area contributed by atoms with E-state index in [1.54, 1.807) is 29.0 Å². The van der Waals surface area contributed by atoms with Crippen LogP contribution >= 0.6 is 0 Å². The third-order valence-electron chi connectivity index (χ3n) is 3.92. The van der Waals surface area contributed by atoms with Gasteiger partial charge < -0.3 is 10.2 Å². The third-order valence-corrected chi connectivity index (χ3v) is 3.92. The lowest BCUT2D eigenvalue weighted by Crippen LogP contribution is -2.37. The highest BCUT2D eigenvalue weighted by molar-refractivity contribution is 5.73. The van der Waals surface area contributed by atoms with Crippen molar-refractivity contribution >= 4 is 6.03 Å². The summed E-state index contributed by atoms with van der Waals surface area (Å²) >= 11 is 0. The Morgan fingerprint density at radius 3 is 2.64 bits per heavy atom. The summed E-state index contributed by atoms with van der Waals surface area (Å²) in [5.74, 6) is 0. The maximum Gasteiger partial charge on any atom is 0.317 e. The van der Waals surface area contributed by atoms with E-state index in [1.807, 2.05) is 42.3 Å². The van der Waals surface area contributed by atoms with Gasteiger partial charge in [0.2, 0.25) is 0 Å². The van der Waals surface area contributed by atoms with E-state index in [2.05, 4.69) is 27.6 Å². The minimum absolute atomic E-state index is 0.0861. The van der Waals surface area contributed by atoms with Crippen LogP contribution in [0.25, 0.3) is 5.69 Å². The molecule has 0 aliphatic rings. The Balaban J connectivity index is 1.45. The van der Waals surface area contributed by atoms with Gasteiger partial charge >= 0.3 is 6.03 Å². The fourth-order valence-electron chi connectivity index (χ4n) is 2.58. The molecule has 0 saturated heterocycles. The van der Waals surface area contributed by atoms with Crippen LogP contribution in [-0.2, 0) is 20.0 Å². The molecule has 0 radical (unpaired) electrons. The smallest absolute Gasteiger partial charge is 0.317 e. The summed E-state index contributed by atoms with van der Waals surface area (Å²) in [6.07, 6.45) is 8.13. The zero-order valence-electron chi connectivity index (χ0n) is 14.5. The summed E-state index contributed by atoms with van der Waals surface area (Å²) in [5.41, 5.74) is 3.20. The first-order chi connectivity index (χ1) is 12.1. The Labute approximate surface area is 146 Å². The lowest BCUT2D eigenvalue weighted by molar-refractivity contribution is 0.207. The quantitative estimate of drug-likeness (QED) is 0.747. The van der Waals surface area contributed by atoms with Crippen LogP contribution in [0.3, 0.4) is 0 Å². The Kier molecular flexibility index (Phi) is 5.13. The Morgan fingerprint density at radius 2 is 2.00 bits per heavy atom. The van der Waals surface area contributed by atoms with Gasteiger partial charge in [-0.25, -0.2) is 9.48 Å². The first-order valence-corrected chi connectivity index (χ1v) is 8.17. The molecule has 0 unspecified atom stereocenters. The fourth-order valence-corrected chi connectivity index (χ4v) is 2.58. The monoisotopic (exact) mass is 338 g/mol. The van der Waals surface area contributed by atoms with E-state index in [0.29, 0.717) is 13.1 Å². The van der Waals surface area contributed by atoms with Crippen LogP contribution in [0.1, 0.15) is 11.1 Å². The largest absolute Gasteiger partial charge is 0.338 e. The van der Waals surface area contributed by atoms with Gasteiger partial charge in [-0.05, 0) is 30.2 Å². The van der Waals surface area contributed by atoms with Crippen LogP contribution in [0.2, 0.25) is 0 Å². The van der Waals surface area contributed by atoms with Crippen molar-refractivity contribution in [2.24, 2.45) is 7.05 Å². The van der Waals surface area contributed by atoms with Gasteiger partial charge in [0, 0.05) is 44.8 Å². The van der Waals surface area contributed by atoms with Gasteiger partial charge in [0.25, 0.3) is 0 Å². The molecule has 1 N–H and O–H groups in total. The normalized spacial score (nSPS) is 10.6. The minimum Gasteiger partial charge on any atom is -0.338 e. The summed E-state index contributed by atoms with van der Waals surface area (Å²) in [4.78, 5) is 13.8. The molecule has 25 heavy (non-hydrogen) atoms. The van der Waals surface area contributed by atoms with Crippen molar-refractivity contribution in [2.75, 3.05) is 13.6 Å². The number of amides is 2. The fraction of sp³-hybridized carbons (Fsp3) is 0.278. The molecule has 7 heteroatoms. The molecule has 130 valence electrons. The second-order valence-corrected chi connectivity index (χ2v) is 5.98. The highest BCUT2D eigenvalue weighted by Gasteiger charge is 2.09. The van der Waals surface area contributed by atoms with Crippen molar-refractivity contribution in [1.82, 2.24) is 29.8 Å². The lowest BCUT2D eigenvalue weighted by Gasteiger charge is -2.17. The van der Waals surface area contributed by atoms with Crippen molar-refractivity contribution in [3.8, 4) is 5.69 Å². The molecule has 0 atom stereocenters. The molecule has 0 spiro atoms. The maximum absolute atomic E-state index is 12.1. The van der Waals surface area contributed by atoms with Gasteiger partial charge in [-0.2, -0.15) is 10.2 Å². The van der Waals surface area contributed by atoms with E-state index in [-0.39, 0.29) is 6.03 Å². The number of hydrogen-bond donors (Lipinski definition) is 1. The summed E-state index contributed by atoms with van der Waals surface area (Å²) in [7, 11) is 3.64. The molecule has 0 aliphatic carbocycles. The molecule has 2 amide bonds. The lowest BCUT2D eigenvalue weighted by atomic mass is 10.1. The van der Waals surface area contributed by atoms with Crippen LogP contribution in [0.5, 0.6) is 0 Å². The van der Waals surface area contributed by atoms with E-state index < -0.39 is 0 Å². The number of aryl methyl sites for hydroxylation is 1. The number of rotatable bonds is 6. The van der Waals surface area contributed by atoms with Crippen molar-refractivity contribution in [1.29, 1.82) is 0 Å². The molecular formula is C18H22N6O. The number of nitrogens with zero attached hydrogens (tertiary/aromatic N) is 5. The first kappa shape index (κ1) is 16.8. The summed E-state index contributed by atoms with van der Waals surface area (Å²) in [5, 5.41) is 11.3. The molecule has 3 aromatic rings. The SMILES string of the molecule is CN(Cc1cnn(C)c1)C(=O)NCCc1ccc(-n2cccn2)cc1. The maximum atomic E-state index is 12.1. The van der Waals surface area contributed by atoms with Crippen molar-refractivity contribution in [3.05, 3.63) is 66.2 Å². The number of carbonyl (C=O) groups excluding carboxylic acids is 1. The van der Waals surface area contributed by atoms with E-state index in [4.69, 9.17) is 0 Å². The first-order valence-electron chi connectivity index (χ1n) is 8.17. The van der Waals surface area contributed by atoms with Gasteiger partial charge in [0.15, 0.2) is 0 Å². The molecule has 2 heterocycles. The second-order valence-electron chi connectivity index (χ2n) is 5.98. The van der Waals surface area contributed by atoms with E-state index in [1.165, 1.54) is 5.56 Å². The van der Waals surface area contributed by atoms with Gasteiger partial charge in [-0.1, -0.05) is 12.1 Å². The number of aromatic nitrogens is 4. The van der Waals surface area contributed by atoms with Crippen LogP contribution in [0.4, 0.5) is 4.79 Å². The average Bonchev–Trinajstić information content (AvgIpc) is 3.27. The van der Waals surface area contributed by atoms with Crippen LogP contribution < -0.4 is 5.32 Å². The molecule has 3 rings (SSSR count). The Hall–Kier alpha value is -3.09. The van der Waals surface area contributed by atoms with Gasteiger partial charge in [0.1, 0.15) is 0 Å². The van der Waals surface area contributed by atoms with Gasteiger partial charge in [0.05, 0.1) is 18.4 Å². The summed E-state index contributed by atoms with van der Waals surface area (Å²) < 4.78 is 3.55. The van der Waals surface area contributed by atoms with Crippen molar-refractivity contribution in [3.63, 3.8) is 0 Å². The standard InChI is InChI=1S/C18H22N6O/c1-22(13-16-12-21-23(2)14-16)18(25)19-10-8-15-4-6-17(7-5-15)24-11-3-9-20-24/h3-7,9,11-12,14H,8,10,13H2,1-2H3,(H,19,25). The summed E-state index contributed by atoms with van der Waals surface area (Å²) in [6, 6.07) is 9.98. The molecular weight excluding hydrogens is 316 g/mol. The highest BCUT2D eigenvalue weighted by Crippen LogP contribution is 2.09. The number of benzene rings is 1. The van der Waals surface area contributed by atoms with E-state index in [9.17, 15) is 4.79 Å².